The molecule has 0 unspecified atom stereocenters. The van der Waals surface area contributed by atoms with E-state index in [0.717, 1.165) is 62.9 Å². The molecular weight excluding hydrogens is 312 g/mol. The van der Waals surface area contributed by atoms with Crippen LogP contribution in [0.25, 0.3) is 0 Å². The minimum Gasteiger partial charge on any atom is -0.376 e. The summed E-state index contributed by atoms with van der Waals surface area (Å²) in [6.07, 6.45) is 2.32. The van der Waals surface area contributed by atoms with E-state index in [-0.39, 0.29) is 18.2 Å². The van der Waals surface area contributed by atoms with Gasteiger partial charge in [0.15, 0.2) is 0 Å². The van der Waals surface area contributed by atoms with Crippen molar-refractivity contribution in [1.82, 2.24) is 20.1 Å². The normalized spacial score (nSPS) is 23.9. The molecule has 2 atom stereocenters. The highest BCUT2D eigenvalue weighted by Gasteiger charge is 2.27. The number of hydrogen-bond acceptors (Lipinski definition) is 5. The first-order valence-electron chi connectivity index (χ1n) is 8.42. The van der Waals surface area contributed by atoms with E-state index in [0.29, 0.717) is 0 Å². The number of amides is 2. The smallest absolute Gasteiger partial charge is 0.317 e. The van der Waals surface area contributed by atoms with Crippen LogP contribution in [0.1, 0.15) is 30.5 Å². The Balaban J connectivity index is 1.41. The number of thiazole rings is 1. The van der Waals surface area contributed by atoms with Crippen LogP contribution in [0, 0.1) is 6.92 Å². The zero-order valence-corrected chi connectivity index (χ0v) is 14.8. The van der Waals surface area contributed by atoms with E-state index in [1.54, 1.807) is 11.3 Å². The summed E-state index contributed by atoms with van der Waals surface area (Å²) in [4.78, 5) is 21.1. The first-order valence-corrected chi connectivity index (χ1v) is 9.30. The van der Waals surface area contributed by atoms with Crippen molar-refractivity contribution in [3.8, 4) is 0 Å². The van der Waals surface area contributed by atoms with E-state index < -0.39 is 0 Å². The number of aryl methyl sites for hydroxylation is 1. The summed E-state index contributed by atoms with van der Waals surface area (Å²) in [5.41, 5.74) is 1.14. The minimum atomic E-state index is 0.0390. The van der Waals surface area contributed by atoms with Gasteiger partial charge in [-0.25, -0.2) is 9.78 Å². The van der Waals surface area contributed by atoms with E-state index >= 15 is 0 Å². The monoisotopic (exact) mass is 338 g/mol. The summed E-state index contributed by atoms with van der Waals surface area (Å²) in [6, 6.07) is 0.123. The summed E-state index contributed by atoms with van der Waals surface area (Å²) < 4.78 is 5.64. The molecule has 1 aromatic heterocycles. The maximum absolute atomic E-state index is 12.4. The fraction of sp³-hybridized carbons (Fsp3) is 0.750. The number of ether oxygens (including phenoxy) is 1. The molecule has 3 rings (SSSR count). The molecule has 1 N–H and O–H groups in total. The lowest BCUT2D eigenvalue weighted by molar-refractivity contribution is 0.0800. The van der Waals surface area contributed by atoms with Crippen LogP contribution >= 0.6 is 11.3 Å². The highest BCUT2D eigenvalue weighted by molar-refractivity contribution is 7.09. The molecule has 6 nitrogen and oxygen atoms in total. The molecule has 1 aromatic rings. The van der Waals surface area contributed by atoms with Crippen LogP contribution in [-0.4, -0.2) is 65.7 Å². The molecule has 2 fully saturated rings. The number of piperazine rings is 1. The predicted molar refractivity (Wildman–Crippen MR) is 90.7 cm³/mol. The van der Waals surface area contributed by atoms with Crippen LogP contribution in [0.4, 0.5) is 4.79 Å². The van der Waals surface area contributed by atoms with Gasteiger partial charge >= 0.3 is 6.03 Å². The average Bonchev–Trinajstić information content (AvgIpc) is 3.20. The maximum Gasteiger partial charge on any atom is 0.317 e. The fourth-order valence-corrected chi connectivity index (χ4v) is 3.80. The Kier molecular flexibility index (Phi) is 5.50. The summed E-state index contributed by atoms with van der Waals surface area (Å²) in [7, 11) is 0. The molecule has 0 aromatic carbocycles. The minimum absolute atomic E-state index is 0.0390. The number of carbonyl (C=O) groups is 1. The average molecular weight is 338 g/mol. The van der Waals surface area contributed by atoms with Crippen LogP contribution in [0.15, 0.2) is 5.38 Å². The van der Waals surface area contributed by atoms with E-state index in [2.05, 4.69) is 20.6 Å². The Hall–Kier alpha value is -1.18. The summed E-state index contributed by atoms with van der Waals surface area (Å²) in [6.45, 7) is 9.11. The molecule has 23 heavy (non-hydrogen) atoms. The fourth-order valence-electron chi connectivity index (χ4n) is 3.19. The molecule has 2 aliphatic rings. The van der Waals surface area contributed by atoms with Crippen LogP contribution < -0.4 is 5.32 Å². The first-order chi connectivity index (χ1) is 11.1. The van der Waals surface area contributed by atoms with Crippen LogP contribution in [0.2, 0.25) is 0 Å². The molecule has 0 aliphatic carbocycles. The van der Waals surface area contributed by atoms with Crippen molar-refractivity contribution in [1.29, 1.82) is 0 Å². The lowest BCUT2D eigenvalue weighted by atomic mass is 10.1. The number of urea groups is 1. The number of nitrogens with one attached hydrogen (secondary N) is 1. The first kappa shape index (κ1) is 16.7. The Labute approximate surface area is 141 Å². The Bertz CT molecular complexity index is 522. The number of nitrogens with zero attached hydrogens (tertiary/aromatic N) is 3. The van der Waals surface area contributed by atoms with Crippen LogP contribution in [0.5, 0.6) is 0 Å². The van der Waals surface area contributed by atoms with Gasteiger partial charge in [-0.05, 0) is 26.7 Å². The van der Waals surface area contributed by atoms with Gasteiger partial charge in [-0.2, -0.15) is 0 Å². The van der Waals surface area contributed by atoms with Crippen molar-refractivity contribution in [3.63, 3.8) is 0 Å². The lowest BCUT2D eigenvalue weighted by Crippen LogP contribution is -2.54. The second-order valence-electron chi connectivity index (χ2n) is 6.41. The molecule has 2 saturated heterocycles. The number of hydrogen-bond donors (Lipinski definition) is 1. The second-order valence-corrected chi connectivity index (χ2v) is 7.47. The zero-order chi connectivity index (χ0) is 16.2. The highest BCUT2D eigenvalue weighted by atomic mass is 32.1. The third-order valence-corrected chi connectivity index (χ3v) is 5.41. The number of aromatic nitrogens is 1. The van der Waals surface area contributed by atoms with Gasteiger partial charge in [-0.3, -0.25) is 4.90 Å². The predicted octanol–water partition coefficient (Wildman–Crippen LogP) is 1.85. The van der Waals surface area contributed by atoms with E-state index in [9.17, 15) is 4.79 Å². The molecule has 2 amide bonds. The van der Waals surface area contributed by atoms with Crippen LogP contribution in [0.3, 0.4) is 0 Å². The van der Waals surface area contributed by atoms with E-state index in [4.69, 9.17) is 4.74 Å². The number of rotatable bonds is 4. The third-order valence-electron chi connectivity index (χ3n) is 4.59. The van der Waals surface area contributed by atoms with Crippen molar-refractivity contribution in [2.45, 2.75) is 45.4 Å². The standard InChI is InChI=1S/C16H26N4O2S/c1-12(15-4-3-9-22-15)17-16(21)20-7-5-19(6-8-20)10-14-11-23-13(2)18-14/h11-12,15H,3-10H2,1-2H3,(H,17,21)/t12-,15-/m0/s1. The Morgan fingerprint density at radius 1 is 1.48 bits per heavy atom. The van der Waals surface area contributed by atoms with Gasteiger partial charge in [0.25, 0.3) is 0 Å². The topological polar surface area (TPSA) is 57.7 Å². The molecular formula is C16H26N4O2S. The van der Waals surface area contributed by atoms with Crippen molar-refractivity contribution in [2.75, 3.05) is 32.8 Å². The van der Waals surface area contributed by atoms with Gasteiger partial charge in [0, 0.05) is 44.7 Å². The third kappa shape index (κ3) is 4.43. The van der Waals surface area contributed by atoms with Crippen molar-refractivity contribution in [2.24, 2.45) is 0 Å². The molecule has 7 heteroatoms. The van der Waals surface area contributed by atoms with Crippen molar-refractivity contribution < 1.29 is 9.53 Å². The molecule has 0 spiro atoms. The van der Waals surface area contributed by atoms with Gasteiger partial charge in [0.1, 0.15) is 0 Å². The van der Waals surface area contributed by atoms with Gasteiger partial charge in [-0.1, -0.05) is 0 Å². The van der Waals surface area contributed by atoms with Crippen molar-refractivity contribution >= 4 is 17.4 Å². The number of carbonyl (C=O) groups excluding carboxylic acids is 1. The Morgan fingerprint density at radius 3 is 2.87 bits per heavy atom. The summed E-state index contributed by atoms with van der Waals surface area (Å²) in [5.74, 6) is 0. The van der Waals surface area contributed by atoms with Gasteiger partial charge in [-0.15, -0.1) is 11.3 Å². The molecule has 2 aliphatic heterocycles. The Morgan fingerprint density at radius 2 is 2.26 bits per heavy atom. The largest absolute Gasteiger partial charge is 0.376 e. The summed E-state index contributed by atoms with van der Waals surface area (Å²) >= 11 is 1.69. The molecule has 0 saturated carbocycles. The molecule has 0 radical (unpaired) electrons. The van der Waals surface area contributed by atoms with Gasteiger partial charge < -0.3 is 15.0 Å². The quantitative estimate of drug-likeness (QED) is 0.910. The van der Waals surface area contributed by atoms with E-state index in [1.165, 1.54) is 0 Å². The van der Waals surface area contributed by atoms with E-state index in [1.807, 2.05) is 18.7 Å². The molecule has 128 valence electrons. The maximum atomic E-state index is 12.4. The molecule has 0 bridgehead atoms. The second kappa shape index (κ2) is 7.59. The molecule has 3 heterocycles. The van der Waals surface area contributed by atoms with Gasteiger partial charge in [0.2, 0.25) is 0 Å². The lowest BCUT2D eigenvalue weighted by Gasteiger charge is -2.35. The van der Waals surface area contributed by atoms with Crippen molar-refractivity contribution in [3.05, 3.63) is 16.1 Å². The van der Waals surface area contributed by atoms with Crippen LogP contribution in [-0.2, 0) is 11.3 Å². The zero-order valence-electron chi connectivity index (χ0n) is 14.0. The summed E-state index contributed by atoms with van der Waals surface area (Å²) in [5, 5.41) is 6.33. The highest BCUT2D eigenvalue weighted by Crippen LogP contribution is 2.16. The SMILES string of the molecule is Cc1nc(CN2CCN(C(=O)N[C@@H](C)[C@@H]3CCCO3)CC2)cs1. The van der Waals surface area contributed by atoms with Gasteiger partial charge in [0.05, 0.1) is 22.8 Å².